The number of fused-ring (bicyclic) bond motifs is 1. The van der Waals surface area contributed by atoms with Crippen LogP contribution in [0.4, 0.5) is 0 Å². The lowest BCUT2D eigenvalue weighted by Gasteiger charge is -2.32. The van der Waals surface area contributed by atoms with Crippen molar-refractivity contribution in [2.24, 2.45) is 0 Å². The summed E-state index contributed by atoms with van der Waals surface area (Å²) in [6.45, 7) is 2.02. The van der Waals surface area contributed by atoms with Gasteiger partial charge in [0.05, 0.1) is 5.52 Å². The van der Waals surface area contributed by atoms with Crippen LogP contribution in [0.1, 0.15) is 31.4 Å². The second-order valence-corrected chi connectivity index (χ2v) is 5.61. The van der Waals surface area contributed by atoms with Gasteiger partial charge >= 0.3 is 0 Å². The minimum atomic E-state index is 0.263. The Labute approximate surface area is 120 Å². The average molecular weight is 270 g/mol. The third kappa shape index (κ3) is 2.63. The molecule has 1 saturated carbocycles. The molecule has 1 heterocycles. The molecule has 0 radical (unpaired) electrons. The highest BCUT2D eigenvalue weighted by molar-refractivity contribution is 5.85. The molecule has 0 bridgehead atoms. The van der Waals surface area contributed by atoms with Crippen molar-refractivity contribution in [1.29, 1.82) is 0 Å². The molecule has 0 saturated heterocycles. The smallest absolute Gasteiger partial charge is 0.131 e. The molecular weight excluding hydrogens is 248 g/mol. The predicted octanol–water partition coefficient (Wildman–Crippen LogP) is 3.45. The molecule has 1 aliphatic rings. The van der Waals surface area contributed by atoms with Crippen molar-refractivity contribution in [2.45, 2.75) is 44.8 Å². The number of pyridine rings is 1. The Hall–Kier alpha value is -1.61. The number of aryl methyl sites for hydroxylation is 1. The molecule has 1 N–H and O–H groups in total. The molecule has 1 aliphatic carbocycles. The van der Waals surface area contributed by atoms with Gasteiger partial charge < -0.3 is 10.1 Å². The van der Waals surface area contributed by atoms with E-state index in [9.17, 15) is 0 Å². The maximum Gasteiger partial charge on any atom is 0.131 e. The molecule has 2 aromatic rings. The van der Waals surface area contributed by atoms with Crippen LogP contribution in [0.25, 0.3) is 10.9 Å². The third-order valence-corrected chi connectivity index (χ3v) is 4.16. The summed E-state index contributed by atoms with van der Waals surface area (Å²) in [7, 11) is 2.03. The molecule has 3 nitrogen and oxygen atoms in total. The summed E-state index contributed by atoms with van der Waals surface area (Å²) in [6, 6.07) is 10.7. The first kappa shape index (κ1) is 13.4. The summed E-state index contributed by atoms with van der Waals surface area (Å²) in [6.07, 6.45) is 5.13. The van der Waals surface area contributed by atoms with Gasteiger partial charge in [0.25, 0.3) is 0 Å². The molecule has 106 valence electrons. The first-order chi connectivity index (χ1) is 9.78. The molecule has 3 rings (SSSR count). The lowest BCUT2D eigenvalue weighted by atomic mass is 9.92. The number of hydrogen-bond acceptors (Lipinski definition) is 3. The number of aromatic nitrogens is 1. The number of ether oxygens (including phenoxy) is 1. The zero-order chi connectivity index (χ0) is 13.9. The van der Waals surface area contributed by atoms with Gasteiger partial charge in [0, 0.05) is 23.2 Å². The predicted molar refractivity (Wildman–Crippen MR) is 82.2 cm³/mol. The summed E-state index contributed by atoms with van der Waals surface area (Å²) in [4.78, 5) is 4.57. The van der Waals surface area contributed by atoms with E-state index in [1.54, 1.807) is 0 Å². The lowest BCUT2D eigenvalue weighted by Crippen LogP contribution is -2.43. The van der Waals surface area contributed by atoms with Crippen molar-refractivity contribution in [3.05, 3.63) is 36.0 Å². The number of hydrogen-bond donors (Lipinski definition) is 1. The first-order valence-corrected chi connectivity index (χ1v) is 7.48. The van der Waals surface area contributed by atoms with Crippen LogP contribution in [-0.4, -0.2) is 24.2 Å². The Morgan fingerprint density at radius 3 is 2.85 bits per heavy atom. The second kappa shape index (κ2) is 5.80. The van der Waals surface area contributed by atoms with Crippen molar-refractivity contribution < 1.29 is 4.74 Å². The fourth-order valence-electron chi connectivity index (χ4n) is 3.10. The molecule has 2 unspecified atom stereocenters. The number of para-hydroxylation sites is 1. The van der Waals surface area contributed by atoms with E-state index in [0.29, 0.717) is 6.04 Å². The van der Waals surface area contributed by atoms with Crippen molar-refractivity contribution >= 4 is 10.9 Å². The van der Waals surface area contributed by atoms with Gasteiger partial charge in [0.2, 0.25) is 0 Å². The standard InChI is InChI=1S/C17H22N2O/c1-12-11-17(13-7-3-4-8-14(13)19-12)20-16-10-6-5-9-15(16)18-2/h3-4,7-8,11,15-16,18H,5-6,9-10H2,1-2H3. The summed E-state index contributed by atoms with van der Waals surface area (Å²) >= 11 is 0. The van der Waals surface area contributed by atoms with Crippen molar-refractivity contribution in [3.63, 3.8) is 0 Å². The minimum Gasteiger partial charge on any atom is -0.488 e. The van der Waals surface area contributed by atoms with Gasteiger partial charge in [-0.25, -0.2) is 0 Å². The number of nitrogens with one attached hydrogen (secondary N) is 1. The Kier molecular flexibility index (Phi) is 3.88. The molecule has 3 heteroatoms. The zero-order valence-electron chi connectivity index (χ0n) is 12.2. The summed E-state index contributed by atoms with van der Waals surface area (Å²) in [5, 5.41) is 4.51. The molecule has 1 fully saturated rings. The van der Waals surface area contributed by atoms with E-state index in [-0.39, 0.29) is 6.10 Å². The maximum atomic E-state index is 6.35. The van der Waals surface area contributed by atoms with Crippen LogP contribution in [0.2, 0.25) is 0 Å². The van der Waals surface area contributed by atoms with E-state index in [1.165, 1.54) is 19.3 Å². The van der Waals surface area contributed by atoms with E-state index in [4.69, 9.17) is 4.74 Å². The van der Waals surface area contributed by atoms with E-state index in [2.05, 4.69) is 22.4 Å². The number of likely N-dealkylation sites (N-methyl/N-ethyl adjacent to an activating group) is 1. The minimum absolute atomic E-state index is 0.263. The van der Waals surface area contributed by atoms with Gasteiger partial charge in [-0.2, -0.15) is 0 Å². The summed E-state index contributed by atoms with van der Waals surface area (Å²) in [5.41, 5.74) is 2.02. The van der Waals surface area contributed by atoms with Gasteiger partial charge in [-0.15, -0.1) is 0 Å². The van der Waals surface area contributed by atoms with E-state index in [1.807, 2.05) is 32.2 Å². The highest BCUT2D eigenvalue weighted by Crippen LogP contribution is 2.29. The summed E-state index contributed by atoms with van der Waals surface area (Å²) in [5.74, 6) is 0.972. The van der Waals surface area contributed by atoms with Crippen LogP contribution < -0.4 is 10.1 Å². The van der Waals surface area contributed by atoms with Crippen LogP contribution in [0.15, 0.2) is 30.3 Å². The van der Waals surface area contributed by atoms with Crippen molar-refractivity contribution in [2.75, 3.05) is 7.05 Å². The van der Waals surface area contributed by atoms with E-state index < -0.39 is 0 Å². The molecule has 1 aromatic heterocycles. The van der Waals surface area contributed by atoms with Gasteiger partial charge in [0.15, 0.2) is 0 Å². The summed E-state index contributed by atoms with van der Waals surface area (Å²) < 4.78 is 6.35. The van der Waals surface area contributed by atoms with Gasteiger partial charge in [0.1, 0.15) is 11.9 Å². The van der Waals surface area contributed by atoms with E-state index in [0.717, 1.165) is 28.8 Å². The van der Waals surface area contributed by atoms with Gasteiger partial charge in [-0.05, 0) is 45.4 Å². The first-order valence-electron chi connectivity index (χ1n) is 7.48. The molecule has 20 heavy (non-hydrogen) atoms. The van der Waals surface area contributed by atoms with Crippen LogP contribution in [0, 0.1) is 6.92 Å². The molecule has 0 amide bonds. The van der Waals surface area contributed by atoms with Crippen molar-refractivity contribution in [1.82, 2.24) is 10.3 Å². The largest absolute Gasteiger partial charge is 0.488 e. The Morgan fingerprint density at radius 1 is 1.20 bits per heavy atom. The Bertz CT molecular complexity index is 597. The number of rotatable bonds is 3. The quantitative estimate of drug-likeness (QED) is 0.927. The molecular formula is C17H22N2O. The fourth-order valence-corrected chi connectivity index (χ4v) is 3.10. The van der Waals surface area contributed by atoms with Crippen molar-refractivity contribution in [3.8, 4) is 5.75 Å². The van der Waals surface area contributed by atoms with Crippen LogP contribution >= 0.6 is 0 Å². The molecule has 1 aromatic carbocycles. The maximum absolute atomic E-state index is 6.35. The fraction of sp³-hybridized carbons (Fsp3) is 0.471. The highest BCUT2D eigenvalue weighted by Gasteiger charge is 2.25. The van der Waals surface area contributed by atoms with Crippen LogP contribution in [-0.2, 0) is 0 Å². The second-order valence-electron chi connectivity index (χ2n) is 5.61. The highest BCUT2D eigenvalue weighted by atomic mass is 16.5. The number of nitrogens with zero attached hydrogens (tertiary/aromatic N) is 1. The average Bonchev–Trinajstić information content (AvgIpc) is 2.47. The SMILES string of the molecule is CNC1CCCCC1Oc1cc(C)nc2ccccc12. The molecule has 2 atom stereocenters. The normalized spacial score (nSPS) is 22.9. The third-order valence-electron chi connectivity index (χ3n) is 4.16. The lowest BCUT2D eigenvalue weighted by molar-refractivity contribution is 0.119. The monoisotopic (exact) mass is 270 g/mol. The topological polar surface area (TPSA) is 34.1 Å². The zero-order valence-corrected chi connectivity index (χ0v) is 12.2. The molecule has 0 spiro atoms. The van der Waals surface area contributed by atoms with Gasteiger partial charge in [-0.1, -0.05) is 18.6 Å². The molecule has 0 aliphatic heterocycles. The van der Waals surface area contributed by atoms with Gasteiger partial charge in [-0.3, -0.25) is 4.98 Å². The Balaban J connectivity index is 1.93. The van der Waals surface area contributed by atoms with Crippen LogP contribution in [0.3, 0.4) is 0 Å². The Morgan fingerprint density at radius 2 is 2.00 bits per heavy atom. The number of benzene rings is 1. The van der Waals surface area contributed by atoms with Crippen LogP contribution in [0.5, 0.6) is 5.75 Å². The van der Waals surface area contributed by atoms with E-state index >= 15 is 0 Å².